The Balaban J connectivity index is 3.41. The highest BCUT2D eigenvalue weighted by Crippen LogP contribution is 1.90. The summed E-state index contributed by atoms with van der Waals surface area (Å²) >= 11 is 0. The van der Waals surface area contributed by atoms with Crippen LogP contribution < -0.4 is 5.73 Å². The fraction of sp³-hybridized carbons (Fsp3) is 0.833. The van der Waals surface area contributed by atoms with Crippen molar-refractivity contribution in [3.05, 3.63) is 0 Å². The largest absolute Gasteiger partial charge is 0.468 e. The molecule has 2 N–H and O–H groups in total. The van der Waals surface area contributed by atoms with Crippen LogP contribution in [0.25, 0.3) is 0 Å². The lowest BCUT2D eigenvalue weighted by molar-refractivity contribution is -0.142. The molecule has 1 atom stereocenters. The third-order valence-corrected chi connectivity index (χ3v) is 1.14. The minimum Gasteiger partial charge on any atom is -0.468 e. The van der Waals surface area contributed by atoms with Crippen LogP contribution in [0, 0.1) is 0 Å². The molecule has 0 heterocycles. The Labute approximate surface area is 60.3 Å². The van der Waals surface area contributed by atoms with Crippen molar-refractivity contribution < 1.29 is 14.3 Å². The van der Waals surface area contributed by atoms with Gasteiger partial charge in [-0.15, -0.1) is 0 Å². The molecule has 4 heteroatoms. The number of carbonyl (C=O) groups is 1. The number of carbonyl (C=O) groups excluding carboxylic acids is 1. The number of hydrogen-bond acceptors (Lipinski definition) is 4. The first-order valence-electron chi connectivity index (χ1n) is 3.04. The predicted molar refractivity (Wildman–Crippen MR) is 36.5 cm³/mol. The van der Waals surface area contributed by atoms with Crippen molar-refractivity contribution in [2.75, 3.05) is 20.8 Å². The van der Waals surface area contributed by atoms with E-state index in [0.29, 0.717) is 13.0 Å². The summed E-state index contributed by atoms with van der Waals surface area (Å²) < 4.78 is 9.11. The second-order valence-corrected chi connectivity index (χ2v) is 1.91. The second-order valence-electron chi connectivity index (χ2n) is 1.91. The summed E-state index contributed by atoms with van der Waals surface area (Å²) in [6.45, 7) is 0.482. The zero-order chi connectivity index (χ0) is 7.98. The lowest BCUT2D eigenvalue weighted by Crippen LogP contribution is -2.32. The zero-order valence-electron chi connectivity index (χ0n) is 6.29. The van der Waals surface area contributed by atoms with E-state index in [1.54, 1.807) is 7.11 Å². The SMILES string of the molecule is COCC[C@H](N)C(=O)OC. The molecule has 60 valence electrons. The van der Waals surface area contributed by atoms with E-state index in [1.165, 1.54) is 7.11 Å². The maximum Gasteiger partial charge on any atom is 0.322 e. The first-order valence-corrected chi connectivity index (χ1v) is 3.04. The third kappa shape index (κ3) is 3.42. The Kier molecular flexibility index (Phi) is 4.88. The van der Waals surface area contributed by atoms with E-state index < -0.39 is 12.0 Å². The number of nitrogens with two attached hydrogens (primary N) is 1. The summed E-state index contributed by atoms with van der Waals surface area (Å²) in [6, 6.07) is -0.551. The minimum atomic E-state index is -0.551. The Hall–Kier alpha value is -0.610. The summed E-state index contributed by atoms with van der Waals surface area (Å²) in [4.78, 5) is 10.6. The highest BCUT2D eigenvalue weighted by atomic mass is 16.5. The van der Waals surface area contributed by atoms with Gasteiger partial charge in [-0.2, -0.15) is 0 Å². The van der Waals surface area contributed by atoms with E-state index in [1.807, 2.05) is 0 Å². The van der Waals surface area contributed by atoms with Gasteiger partial charge in [-0.1, -0.05) is 0 Å². The molecule has 0 aliphatic heterocycles. The molecule has 0 aliphatic rings. The van der Waals surface area contributed by atoms with Gasteiger partial charge in [0.2, 0.25) is 0 Å². The summed E-state index contributed by atoms with van der Waals surface area (Å²) in [5, 5.41) is 0. The molecule has 0 aromatic carbocycles. The van der Waals surface area contributed by atoms with E-state index in [9.17, 15) is 4.79 Å². The van der Waals surface area contributed by atoms with Crippen LogP contribution in [0.15, 0.2) is 0 Å². The van der Waals surface area contributed by atoms with E-state index in [4.69, 9.17) is 10.5 Å². The summed E-state index contributed by atoms with van der Waals surface area (Å²) in [5.74, 6) is -0.392. The monoisotopic (exact) mass is 147 g/mol. The smallest absolute Gasteiger partial charge is 0.322 e. The van der Waals surface area contributed by atoms with E-state index in [2.05, 4.69) is 4.74 Å². The van der Waals surface area contributed by atoms with Crippen LogP contribution >= 0.6 is 0 Å². The first kappa shape index (κ1) is 9.39. The molecule has 0 aliphatic carbocycles. The maximum absolute atomic E-state index is 10.6. The molecule has 0 saturated carbocycles. The topological polar surface area (TPSA) is 61.5 Å². The predicted octanol–water partition coefficient (Wildman–Crippen LogP) is -0.477. The van der Waals surface area contributed by atoms with E-state index in [0.717, 1.165) is 0 Å². The zero-order valence-corrected chi connectivity index (χ0v) is 6.29. The van der Waals surface area contributed by atoms with Crippen LogP contribution in [-0.4, -0.2) is 32.8 Å². The molecule has 0 bridgehead atoms. The maximum atomic E-state index is 10.6. The highest BCUT2D eigenvalue weighted by Gasteiger charge is 2.11. The Morgan fingerprint density at radius 1 is 1.60 bits per heavy atom. The van der Waals surface area contributed by atoms with Crippen molar-refractivity contribution in [3.8, 4) is 0 Å². The van der Waals surface area contributed by atoms with Crippen LogP contribution in [0.1, 0.15) is 6.42 Å². The van der Waals surface area contributed by atoms with Gasteiger partial charge in [0.15, 0.2) is 0 Å². The van der Waals surface area contributed by atoms with Crippen molar-refractivity contribution in [3.63, 3.8) is 0 Å². The Morgan fingerprint density at radius 2 is 2.20 bits per heavy atom. The van der Waals surface area contributed by atoms with Gasteiger partial charge in [0.1, 0.15) is 6.04 Å². The van der Waals surface area contributed by atoms with Gasteiger partial charge in [0.05, 0.1) is 7.11 Å². The second kappa shape index (κ2) is 5.20. The Morgan fingerprint density at radius 3 is 2.60 bits per heavy atom. The van der Waals surface area contributed by atoms with Crippen molar-refractivity contribution in [2.45, 2.75) is 12.5 Å². The molecule has 4 nitrogen and oxygen atoms in total. The molecule has 0 aromatic heterocycles. The molecular weight excluding hydrogens is 134 g/mol. The van der Waals surface area contributed by atoms with Gasteiger partial charge < -0.3 is 15.2 Å². The van der Waals surface area contributed by atoms with Gasteiger partial charge in [0.25, 0.3) is 0 Å². The lowest BCUT2D eigenvalue weighted by atomic mass is 10.2. The molecule has 0 amide bonds. The van der Waals surface area contributed by atoms with Crippen molar-refractivity contribution in [1.82, 2.24) is 0 Å². The standard InChI is InChI=1S/C6H13NO3/c1-9-4-3-5(7)6(8)10-2/h5H,3-4,7H2,1-2H3/t5-/m0/s1. The normalized spacial score (nSPS) is 12.7. The van der Waals surface area contributed by atoms with Crippen molar-refractivity contribution in [1.29, 1.82) is 0 Å². The lowest BCUT2D eigenvalue weighted by Gasteiger charge is -2.06. The first-order chi connectivity index (χ1) is 4.72. The molecule has 10 heavy (non-hydrogen) atoms. The summed E-state index contributed by atoms with van der Waals surface area (Å²) in [5.41, 5.74) is 5.36. The highest BCUT2D eigenvalue weighted by molar-refractivity contribution is 5.75. The van der Waals surface area contributed by atoms with Crippen LogP contribution in [0.2, 0.25) is 0 Å². The molecule has 0 fully saturated rings. The van der Waals surface area contributed by atoms with Crippen molar-refractivity contribution >= 4 is 5.97 Å². The summed E-state index contributed by atoms with van der Waals surface area (Å²) in [6.07, 6.45) is 0.503. The number of ether oxygens (including phenoxy) is 2. The van der Waals surface area contributed by atoms with E-state index >= 15 is 0 Å². The fourth-order valence-corrected chi connectivity index (χ4v) is 0.514. The molecular formula is C6H13NO3. The number of methoxy groups -OCH3 is 2. The van der Waals surface area contributed by atoms with Gasteiger partial charge >= 0.3 is 5.97 Å². The average molecular weight is 147 g/mol. The van der Waals surface area contributed by atoms with Crippen LogP contribution in [0.4, 0.5) is 0 Å². The number of hydrogen-bond donors (Lipinski definition) is 1. The molecule has 0 radical (unpaired) electrons. The molecule has 0 aromatic rings. The Bertz CT molecular complexity index is 105. The average Bonchev–Trinajstić information content (AvgIpc) is 1.98. The number of esters is 1. The van der Waals surface area contributed by atoms with Crippen molar-refractivity contribution in [2.24, 2.45) is 5.73 Å². The van der Waals surface area contributed by atoms with E-state index in [-0.39, 0.29) is 0 Å². The molecule has 0 unspecified atom stereocenters. The molecule has 0 spiro atoms. The number of rotatable bonds is 4. The van der Waals surface area contributed by atoms with Gasteiger partial charge in [-0.25, -0.2) is 0 Å². The molecule has 0 rings (SSSR count). The van der Waals surface area contributed by atoms with Gasteiger partial charge in [-0.3, -0.25) is 4.79 Å². The van der Waals surface area contributed by atoms with Gasteiger partial charge in [0, 0.05) is 13.7 Å². The fourth-order valence-electron chi connectivity index (χ4n) is 0.514. The molecule has 0 saturated heterocycles. The van der Waals surface area contributed by atoms with Gasteiger partial charge in [-0.05, 0) is 6.42 Å². The quantitative estimate of drug-likeness (QED) is 0.546. The van der Waals surface area contributed by atoms with Crippen LogP contribution in [-0.2, 0) is 14.3 Å². The van der Waals surface area contributed by atoms with Crippen LogP contribution in [0.3, 0.4) is 0 Å². The third-order valence-electron chi connectivity index (χ3n) is 1.14. The summed E-state index contributed by atoms with van der Waals surface area (Å²) in [7, 11) is 2.87. The van der Waals surface area contributed by atoms with Crippen LogP contribution in [0.5, 0.6) is 0 Å². The minimum absolute atomic E-state index is 0.392.